The number of carboxylic acid groups (broad SMARTS) is 1. The van der Waals surface area contributed by atoms with Crippen molar-refractivity contribution in [3.05, 3.63) is 86.9 Å². The monoisotopic (exact) mass is 816 g/mol. The molecule has 2 N–H and O–H groups in total. The van der Waals surface area contributed by atoms with E-state index in [4.69, 9.17) is 37.4 Å². The quantitative estimate of drug-likeness (QED) is 0.109. The van der Waals surface area contributed by atoms with Crippen molar-refractivity contribution in [2.75, 3.05) is 45.8 Å². The van der Waals surface area contributed by atoms with Crippen LogP contribution in [0.2, 0.25) is 10.0 Å². The van der Waals surface area contributed by atoms with Gasteiger partial charge in [0, 0.05) is 32.8 Å². The zero-order valence-corrected chi connectivity index (χ0v) is 34.6. The van der Waals surface area contributed by atoms with Gasteiger partial charge in [-0.3, -0.25) is 9.59 Å². The van der Waals surface area contributed by atoms with Crippen molar-refractivity contribution in [1.82, 2.24) is 10.2 Å². The fourth-order valence-electron chi connectivity index (χ4n) is 7.13. The summed E-state index contributed by atoms with van der Waals surface area (Å²) in [6.45, 7) is 7.89. The van der Waals surface area contributed by atoms with Gasteiger partial charge in [0.05, 0.1) is 32.0 Å². The van der Waals surface area contributed by atoms with Gasteiger partial charge >= 0.3 is 5.97 Å². The molecule has 1 amide bonds. The number of ether oxygens (including phenoxy) is 3. The molecule has 0 bridgehead atoms. The Labute approximate surface area is 335 Å². The molecule has 2 fully saturated rings. The smallest absolute Gasteiger partial charge is 0.309 e. The first kappa shape index (κ1) is 42.8. The molecule has 300 valence electrons. The van der Waals surface area contributed by atoms with Crippen molar-refractivity contribution >= 4 is 44.9 Å². The standard InChI is InChI=1S/C42H54Cl2N2O8S/c1-28-21-37(43)39(38(44)22-28)54-19-18-53-33-12-8-31(9-13-33)35-14-16-45-26-36(35)40(47)46(32-10-11-32)27-30-23-29(7-5-17-52-4)24-34(25-30)55(50,51)20-6-15-42(2,3)41(48)49/h8-9,12-13,21-25,32,35-36,45H,5-7,10-11,14-20,26-27H2,1-4H3,(H,48,49)/t35-,36+/m1/s1. The Balaban J connectivity index is 1.27. The Morgan fingerprint density at radius 1 is 0.927 bits per heavy atom. The number of hydrogen-bond donors (Lipinski definition) is 2. The molecule has 1 saturated carbocycles. The summed E-state index contributed by atoms with van der Waals surface area (Å²) in [6, 6.07) is 17.0. The number of carbonyl (C=O) groups excluding carboxylic acids is 1. The maximum atomic E-state index is 14.5. The minimum atomic E-state index is -3.70. The van der Waals surface area contributed by atoms with Crippen LogP contribution in [-0.2, 0) is 37.1 Å². The Morgan fingerprint density at radius 3 is 2.25 bits per heavy atom. The van der Waals surface area contributed by atoms with Gasteiger partial charge in [0.1, 0.15) is 19.0 Å². The van der Waals surface area contributed by atoms with Crippen LogP contribution in [0.3, 0.4) is 0 Å². The highest BCUT2D eigenvalue weighted by molar-refractivity contribution is 7.91. The second-order valence-corrected chi connectivity index (χ2v) is 18.3. The average molecular weight is 818 g/mol. The zero-order chi connectivity index (χ0) is 39.8. The lowest BCUT2D eigenvalue weighted by Gasteiger charge is -2.36. The van der Waals surface area contributed by atoms with Crippen molar-refractivity contribution in [2.24, 2.45) is 11.3 Å². The molecule has 0 aromatic heterocycles. The van der Waals surface area contributed by atoms with Crippen LogP contribution in [0.25, 0.3) is 0 Å². The van der Waals surface area contributed by atoms with Crippen LogP contribution in [0, 0.1) is 18.3 Å². The molecule has 1 aliphatic heterocycles. The van der Waals surface area contributed by atoms with Crippen molar-refractivity contribution < 1.29 is 37.3 Å². The number of hydrogen-bond acceptors (Lipinski definition) is 8. The van der Waals surface area contributed by atoms with E-state index < -0.39 is 21.2 Å². The molecule has 1 aliphatic carbocycles. The molecule has 0 spiro atoms. The largest absolute Gasteiger partial charge is 0.490 e. The van der Waals surface area contributed by atoms with E-state index in [0.29, 0.717) is 54.3 Å². The molecular weight excluding hydrogens is 763 g/mol. The molecule has 0 radical (unpaired) electrons. The summed E-state index contributed by atoms with van der Waals surface area (Å²) in [5, 5.41) is 13.8. The third-order valence-electron chi connectivity index (χ3n) is 10.5. The van der Waals surface area contributed by atoms with Crippen molar-refractivity contribution in [2.45, 2.75) is 89.1 Å². The van der Waals surface area contributed by atoms with Crippen LogP contribution in [-0.4, -0.2) is 82.1 Å². The first-order valence-electron chi connectivity index (χ1n) is 19.1. The van der Waals surface area contributed by atoms with Crippen molar-refractivity contribution in [3.8, 4) is 11.5 Å². The van der Waals surface area contributed by atoms with E-state index in [9.17, 15) is 23.1 Å². The normalized spacial score (nSPS) is 17.5. The maximum Gasteiger partial charge on any atom is 0.309 e. The Bertz CT molecular complexity index is 1880. The zero-order valence-electron chi connectivity index (χ0n) is 32.2. The summed E-state index contributed by atoms with van der Waals surface area (Å²) in [4.78, 5) is 28.3. The highest BCUT2D eigenvalue weighted by Gasteiger charge is 2.40. The van der Waals surface area contributed by atoms with Crippen molar-refractivity contribution in [3.63, 3.8) is 0 Å². The number of aryl methyl sites for hydroxylation is 2. The SMILES string of the molecule is COCCCc1cc(CN(C(=O)[C@H]2CNCC[C@@H]2c2ccc(OCCOc3c(Cl)cc(C)cc3Cl)cc2)C2CC2)cc(S(=O)(=O)CCCC(C)(C)C(=O)O)c1. The molecule has 13 heteroatoms. The molecule has 1 saturated heterocycles. The molecule has 0 unspecified atom stereocenters. The third-order valence-corrected chi connectivity index (χ3v) is 12.8. The van der Waals surface area contributed by atoms with Crippen LogP contribution in [0.5, 0.6) is 11.5 Å². The number of benzene rings is 3. The lowest BCUT2D eigenvalue weighted by atomic mass is 9.80. The van der Waals surface area contributed by atoms with E-state index in [1.54, 1.807) is 45.2 Å². The van der Waals surface area contributed by atoms with Gasteiger partial charge in [-0.15, -0.1) is 0 Å². The lowest BCUT2D eigenvalue weighted by Crippen LogP contribution is -2.47. The number of nitrogens with one attached hydrogen (secondary N) is 1. The number of sulfone groups is 1. The molecular formula is C42H54Cl2N2O8S. The summed E-state index contributed by atoms with van der Waals surface area (Å²) in [5.74, 6) is -0.201. The predicted octanol–water partition coefficient (Wildman–Crippen LogP) is 7.89. The summed E-state index contributed by atoms with van der Waals surface area (Å²) in [6.07, 6.45) is 4.45. The number of halogens is 2. The molecule has 10 nitrogen and oxygen atoms in total. The molecule has 3 aromatic rings. The number of carboxylic acids is 1. The molecule has 1 heterocycles. The topological polar surface area (TPSA) is 131 Å². The predicted molar refractivity (Wildman–Crippen MR) is 215 cm³/mol. The maximum absolute atomic E-state index is 14.5. The van der Waals surface area contributed by atoms with E-state index >= 15 is 0 Å². The van der Waals surface area contributed by atoms with Crippen LogP contribution < -0.4 is 14.8 Å². The van der Waals surface area contributed by atoms with E-state index in [-0.39, 0.29) is 53.9 Å². The Hall–Kier alpha value is -3.35. The van der Waals surface area contributed by atoms with Gasteiger partial charge in [-0.1, -0.05) is 41.4 Å². The van der Waals surface area contributed by atoms with Crippen LogP contribution >= 0.6 is 23.2 Å². The molecule has 2 aliphatic rings. The number of aliphatic carboxylic acids is 1. The van der Waals surface area contributed by atoms with Gasteiger partial charge in [0.15, 0.2) is 15.6 Å². The highest BCUT2D eigenvalue weighted by atomic mass is 35.5. The number of nitrogens with zero attached hydrogens (tertiary/aromatic N) is 1. The summed E-state index contributed by atoms with van der Waals surface area (Å²) < 4.78 is 44.3. The second-order valence-electron chi connectivity index (χ2n) is 15.4. The number of piperidine rings is 1. The fourth-order valence-corrected chi connectivity index (χ4v) is 9.26. The minimum Gasteiger partial charge on any atom is -0.490 e. The van der Waals surface area contributed by atoms with Gasteiger partial charge in [0.2, 0.25) is 5.91 Å². The molecule has 3 aromatic carbocycles. The number of carbonyl (C=O) groups is 2. The van der Waals surface area contributed by atoms with E-state index in [1.165, 1.54) is 0 Å². The number of amides is 1. The summed E-state index contributed by atoms with van der Waals surface area (Å²) in [5.41, 5.74) is 2.65. The Morgan fingerprint density at radius 2 is 1.60 bits per heavy atom. The van der Waals surface area contributed by atoms with Gasteiger partial charge in [-0.2, -0.15) is 0 Å². The van der Waals surface area contributed by atoms with Gasteiger partial charge in [-0.05, 0) is 137 Å². The minimum absolute atomic E-state index is 0.00424. The number of methoxy groups -OCH3 is 1. The highest BCUT2D eigenvalue weighted by Crippen LogP contribution is 2.38. The first-order valence-corrected chi connectivity index (χ1v) is 21.5. The van der Waals surface area contributed by atoms with Gasteiger partial charge < -0.3 is 29.5 Å². The van der Waals surface area contributed by atoms with Crippen LogP contribution in [0.15, 0.2) is 59.5 Å². The second kappa shape index (κ2) is 19.2. The van der Waals surface area contributed by atoms with Gasteiger partial charge in [-0.25, -0.2) is 8.42 Å². The molecule has 55 heavy (non-hydrogen) atoms. The molecule has 2 atom stereocenters. The van der Waals surface area contributed by atoms with Crippen LogP contribution in [0.1, 0.15) is 80.5 Å². The van der Waals surface area contributed by atoms with Gasteiger partial charge in [0.25, 0.3) is 0 Å². The number of rotatable bonds is 20. The lowest BCUT2D eigenvalue weighted by molar-refractivity contribution is -0.147. The van der Waals surface area contributed by atoms with Crippen molar-refractivity contribution in [1.29, 1.82) is 0 Å². The van der Waals surface area contributed by atoms with E-state index in [1.807, 2.05) is 42.2 Å². The van der Waals surface area contributed by atoms with E-state index in [0.717, 1.165) is 54.5 Å². The Kier molecular flexibility index (Phi) is 14.9. The van der Waals surface area contributed by atoms with Crippen LogP contribution in [0.4, 0.5) is 0 Å². The summed E-state index contributed by atoms with van der Waals surface area (Å²) in [7, 11) is -2.07. The average Bonchev–Trinajstić information content (AvgIpc) is 3.99. The third kappa shape index (κ3) is 11.8. The first-order chi connectivity index (χ1) is 26.2. The fraction of sp³-hybridized carbons (Fsp3) is 0.524. The molecule has 5 rings (SSSR count). The van der Waals surface area contributed by atoms with E-state index in [2.05, 4.69) is 5.32 Å². The summed E-state index contributed by atoms with van der Waals surface area (Å²) >= 11 is 12.6.